The number of carboxylic acid groups (broad SMARTS) is 2. The summed E-state index contributed by atoms with van der Waals surface area (Å²) in [5.74, 6) is -2.86. The van der Waals surface area contributed by atoms with Crippen LogP contribution in [0.5, 0.6) is 5.75 Å². The van der Waals surface area contributed by atoms with Gasteiger partial charge in [0.05, 0.1) is 0 Å². The number of carboxylic acids is 2. The Morgan fingerprint density at radius 2 is 1.71 bits per heavy atom. The molecule has 0 aromatic heterocycles. The molecule has 5 nitrogen and oxygen atoms in total. The molecule has 0 fully saturated rings. The van der Waals surface area contributed by atoms with Crippen LogP contribution in [0.3, 0.4) is 0 Å². The second kappa shape index (κ2) is 5.69. The quantitative estimate of drug-likeness (QED) is 0.759. The standard InChI is InChI=1S/C12H12O5/c1-2-3-8-4-6-9(7-5-8)17-10(11(13)14)12(15)16/h2-7,10H,1H3,(H,13,14)(H,15,16)/b3-2+. The van der Waals surface area contributed by atoms with Crippen molar-refractivity contribution in [2.75, 3.05) is 0 Å². The van der Waals surface area contributed by atoms with Gasteiger partial charge in [-0.05, 0) is 24.6 Å². The number of carbonyl (C=O) groups is 2. The van der Waals surface area contributed by atoms with E-state index in [2.05, 4.69) is 0 Å². The van der Waals surface area contributed by atoms with Gasteiger partial charge in [-0.3, -0.25) is 0 Å². The number of aliphatic carboxylic acids is 2. The molecule has 17 heavy (non-hydrogen) atoms. The van der Waals surface area contributed by atoms with Gasteiger partial charge in [0, 0.05) is 0 Å². The Hall–Kier alpha value is -2.30. The number of hydrogen-bond donors (Lipinski definition) is 2. The van der Waals surface area contributed by atoms with Crippen molar-refractivity contribution < 1.29 is 24.5 Å². The summed E-state index contributed by atoms with van der Waals surface area (Å²) < 4.78 is 4.85. The van der Waals surface area contributed by atoms with Gasteiger partial charge in [0.25, 0.3) is 6.10 Å². The summed E-state index contributed by atoms with van der Waals surface area (Å²) in [6.45, 7) is 1.87. The monoisotopic (exact) mass is 236 g/mol. The molecule has 0 amide bonds. The predicted molar refractivity (Wildman–Crippen MR) is 60.8 cm³/mol. The molecule has 90 valence electrons. The SMILES string of the molecule is C/C=C/c1ccc(OC(C(=O)O)C(=O)O)cc1. The Morgan fingerprint density at radius 3 is 2.12 bits per heavy atom. The molecule has 0 saturated heterocycles. The summed E-state index contributed by atoms with van der Waals surface area (Å²) >= 11 is 0. The van der Waals surface area contributed by atoms with Crippen LogP contribution in [0.15, 0.2) is 30.3 Å². The van der Waals surface area contributed by atoms with Gasteiger partial charge in [0.15, 0.2) is 0 Å². The maximum absolute atomic E-state index is 10.6. The first-order valence-corrected chi connectivity index (χ1v) is 4.89. The van der Waals surface area contributed by atoms with Crippen LogP contribution in [-0.4, -0.2) is 28.3 Å². The molecular weight excluding hydrogens is 224 g/mol. The average molecular weight is 236 g/mol. The summed E-state index contributed by atoms with van der Waals surface area (Å²) in [7, 11) is 0. The maximum Gasteiger partial charge on any atom is 0.356 e. The van der Waals surface area contributed by atoms with E-state index in [0.717, 1.165) is 5.56 Å². The van der Waals surface area contributed by atoms with Crippen LogP contribution in [0.1, 0.15) is 12.5 Å². The number of benzene rings is 1. The molecule has 1 aromatic rings. The summed E-state index contributed by atoms with van der Waals surface area (Å²) in [5, 5.41) is 17.3. The normalized spacial score (nSPS) is 10.7. The van der Waals surface area contributed by atoms with Crippen molar-refractivity contribution in [3.05, 3.63) is 35.9 Å². The highest BCUT2D eigenvalue weighted by Crippen LogP contribution is 2.15. The van der Waals surface area contributed by atoms with Crippen molar-refractivity contribution in [1.82, 2.24) is 0 Å². The van der Waals surface area contributed by atoms with E-state index < -0.39 is 18.0 Å². The van der Waals surface area contributed by atoms with Crippen molar-refractivity contribution in [3.8, 4) is 5.75 Å². The summed E-state index contributed by atoms with van der Waals surface area (Å²) in [6, 6.07) is 6.45. The molecule has 1 rings (SSSR count). The van der Waals surface area contributed by atoms with E-state index in [4.69, 9.17) is 14.9 Å². The number of ether oxygens (including phenoxy) is 1. The molecule has 0 atom stereocenters. The first-order valence-electron chi connectivity index (χ1n) is 4.89. The molecule has 0 aliphatic rings. The van der Waals surface area contributed by atoms with Gasteiger partial charge < -0.3 is 14.9 Å². The van der Waals surface area contributed by atoms with E-state index in [0.29, 0.717) is 0 Å². The zero-order valence-electron chi connectivity index (χ0n) is 9.16. The van der Waals surface area contributed by atoms with E-state index in [1.807, 2.05) is 19.1 Å². The molecule has 0 unspecified atom stereocenters. The van der Waals surface area contributed by atoms with Crippen molar-refractivity contribution >= 4 is 18.0 Å². The van der Waals surface area contributed by atoms with Gasteiger partial charge in [-0.15, -0.1) is 0 Å². The first-order chi connectivity index (χ1) is 8.04. The lowest BCUT2D eigenvalue weighted by Gasteiger charge is -2.10. The zero-order chi connectivity index (χ0) is 12.8. The third-order valence-corrected chi connectivity index (χ3v) is 1.94. The van der Waals surface area contributed by atoms with Gasteiger partial charge in [0.1, 0.15) is 5.75 Å². The van der Waals surface area contributed by atoms with Crippen LogP contribution >= 0.6 is 0 Å². The molecule has 0 aliphatic heterocycles. The minimum Gasteiger partial charge on any atom is -0.478 e. The third kappa shape index (κ3) is 3.64. The summed E-state index contributed by atoms with van der Waals surface area (Å²) in [5.41, 5.74) is 0.919. The minimum atomic E-state index is -1.89. The van der Waals surface area contributed by atoms with E-state index in [1.165, 1.54) is 12.1 Å². The summed E-state index contributed by atoms with van der Waals surface area (Å²) in [4.78, 5) is 21.2. The van der Waals surface area contributed by atoms with E-state index in [-0.39, 0.29) is 5.75 Å². The van der Waals surface area contributed by atoms with Crippen LogP contribution < -0.4 is 4.74 Å². The van der Waals surface area contributed by atoms with Crippen molar-refractivity contribution in [2.24, 2.45) is 0 Å². The number of hydrogen-bond acceptors (Lipinski definition) is 3. The predicted octanol–water partition coefficient (Wildman–Crippen LogP) is 1.64. The van der Waals surface area contributed by atoms with Crippen molar-refractivity contribution in [3.63, 3.8) is 0 Å². The molecule has 5 heteroatoms. The van der Waals surface area contributed by atoms with Crippen LogP contribution in [0.2, 0.25) is 0 Å². The Morgan fingerprint density at radius 1 is 1.18 bits per heavy atom. The van der Waals surface area contributed by atoms with E-state index in [9.17, 15) is 9.59 Å². The summed E-state index contributed by atoms with van der Waals surface area (Å²) in [6.07, 6.45) is 1.82. The van der Waals surface area contributed by atoms with Crippen LogP contribution in [0.25, 0.3) is 6.08 Å². The highest BCUT2D eigenvalue weighted by atomic mass is 16.5. The third-order valence-electron chi connectivity index (χ3n) is 1.94. The number of rotatable bonds is 5. The largest absolute Gasteiger partial charge is 0.478 e. The molecule has 0 aliphatic carbocycles. The molecule has 1 aromatic carbocycles. The Labute approximate surface area is 98.0 Å². The highest BCUT2D eigenvalue weighted by molar-refractivity contribution is 5.96. The van der Waals surface area contributed by atoms with Crippen LogP contribution in [0.4, 0.5) is 0 Å². The first kappa shape index (κ1) is 12.8. The molecule has 0 spiro atoms. The lowest BCUT2D eigenvalue weighted by Crippen LogP contribution is -2.35. The zero-order valence-corrected chi connectivity index (χ0v) is 9.16. The minimum absolute atomic E-state index is 0.202. The Balaban J connectivity index is 2.80. The van der Waals surface area contributed by atoms with Gasteiger partial charge in [-0.25, -0.2) is 9.59 Å². The maximum atomic E-state index is 10.6. The molecular formula is C12H12O5. The molecule has 0 saturated carbocycles. The fraction of sp³-hybridized carbons (Fsp3) is 0.167. The van der Waals surface area contributed by atoms with Crippen molar-refractivity contribution in [2.45, 2.75) is 13.0 Å². The smallest absolute Gasteiger partial charge is 0.356 e. The molecule has 0 heterocycles. The lowest BCUT2D eigenvalue weighted by molar-refractivity contribution is -0.159. The topological polar surface area (TPSA) is 83.8 Å². The molecule has 2 N–H and O–H groups in total. The van der Waals surface area contributed by atoms with Gasteiger partial charge in [0.2, 0.25) is 0 Å². The fourth-order valence-electron chi connectivity index (χ4n) is 1.19. The number of allylic oxidation sites excluding steroid dienone is 1. The fourth-order valence-corrected chi connectivity index (χ4v) is 1.19. The van der Waals surface area contributed by atoms with Crippen LogP contribution in [0, 0.1) is 0 Å². The second-order valence-electron chi connectivity index (χ2n) is 3.24. The Bertz CT molecular complexity index is 419. The second-order valence-corrected chi connectivity index (χ2v) is 3.24. The molecule has 0 bridgehead atoms. The molecule has 0 radical (unpaired) electrons. The van der Waals surface area contributed by atoms with E-state index >= 15 is 0 Å². The lowest BCUT2D eigenvalue weighted by atomic mass is 10.2. The van der Waals surface area contributed by atoms with Gasteiger partial charge >= 0.3 is 11.9 Å². The van der Waals surface area contributed by atoms with Gasteiger partial charge in [-0.1, -0.05) is 24.3 Å². The van der Waals surface area contributed by atoms with Crippen molar-refractivity contribution in [1.29, 1.82) is 0 Å². The van der Waals surface area contributed by atoms with E-state index in [1.54, 1.807) is 12.1 Å². The van der Waals surface area contributed by atoms with Gasteiger partial charge in [-0.2, -0.15) is 0 Å². The highest BCUT2D eigenvalue weighted by Gasteiger charge is 2.27. The van der Waals surface area contributed by atoms with Crippen LogP contribution in [-0.2, 0) is 9.59 Å². The average Bonchev–Trinajstić information content (AvgIpc) is 2.27. The Kier molecular flexibility index (Phi) is 4.28.